The minimum absolute atomic E-state index is 0.00566. The molecule has 1 saturated heterocycles. The van der Waals surface area contributed by atoms with Gasteiger partial charge in [-0.15, -0.1) is 21.5 Å². The zero-order chi connectivity index (χ0) is 28.2. The number of aromatic nitrogens is 3. The van der Waals surface area contributed by atoms with Crippen molar-refractivity contribution in [3.8, 4) is 22.1 Å². The number of benzene rings is 3. The van der Waals surface area contributed by atoms with Crippen molar-refractivity contribution in [3.05, 3.63) is 107 Å². The van der Waals surface area contributed by atoms with Gasteiger partial charge < -0.3 is 14.5 Å². The van der Waals surface area contributed by atoms with Crippen LogP contribution in [0.2, 0.25) is 0 Å². The monoisotopic (exact) mass is 585 g/mol. The van der Waals surface area contributed by atoms with Gasteiger partial charge in [0, 0.05) is 37.5 Å². The summed E-state index contributed by atoms with van der Waals surface area (Å²) in [4.78, 5) is 18.0. The third-order valence-corrected chi connectivity index (χ3v) is 8.90. The molecule has 41 heavy (non-hydrogen) atoms. The molecule has 0 atom stereocenters. The Kier molecular flexibility index (Phi) is 8.02. The van der Waals surface area contributed by atoms with E-state index in [2.05, 4.69) is 10.2 Å². The molecule has 1 aliphatic heterocycles. The second-order valence-electron chi connectivity index (χ2n) is 9.51. The van der Waals surface area contributed by atoms with Crippen LogP contribution in [-0.4, -0.2) is 58.9 Å². The Morgan fingerprint density at radius 2 is 1.63 bits per heavy atom. The molecular formula is C31H28FN5O2S2. The van der Waals surface area contributed by atoms with E-state index in [9.17, 15) is 9.18 Å². The smallest absolute Gasteiger partial charge is 0.253 e. The van der Waals surface area contributed by atoms with Gasteiger partial charge in [-0.2, -0.15) is 0 Å². The molecule has 5 aromatic rings. The number of rotatable bonds is 8. The van der Waals surface area contributed by atoms with Crippen LogP contribution in [0, 0.1) is 5.82 Å². The van der Waals surface area contributed by atoms with Gasteiger partial charge in [-0.25, -0.2) is 4.39 Å². The molecule has 1 fully saturated rings. The lowest BCUT2D eigenvalue weighted by Crippen LogP contribution is -2.49. The highest BCUT2D eigenvalue weighted by molar-refractivity contribution is 7.98. The standard InChI is InChI=1S/C31H28FN5O2S2/c1-39-27-10-5-4-9-26(27)37-29(28-11-6-20-40-28)33-34-31(37)41-21-22-12-14-23(15-13-22)30(38)36-18-16-35(17-19-36)25-8-3-2-7-24(25)32/h2-15,20H,16-19,21H2,1H3. The lowest BCUT2D eigenvalue weighted by atomic mass is 10.1. The van der Waals surface area contributed by atoms with E-state index in [1.807, 2.05) is 86.5 Å². The van der Waals surface area contributed by atoms with Crippen LogP contribution in [0.15, 0.2) is 95.5 Å². The maximum Gasteiger partial charge on any atom is 0.253 e. The number of ether oxygens (including phenoxy) is 1. The number of anilines is 1. The normalized spacial score (nSPS) is 13.4. The van der Waals surface area contributed by atoms with Gasteiger partial charge in [0.2, 0.25) is 0 Å². The molecule has 208 valence electrons. The molecule has 3 aromatic carbocycles. The fourth-order valence-electron chi connectivity index (χ4n) is 4.89. The Morgan fingerprint density at radius 1 is 0.902 bits per heavy atom. The minimum atomic E-state index is -0.232. The Bertz CT molecular complexity index is 1630. The first-order valence-corrected chi connectivity index (χ1v) is 15.1. The lowest BCUT2D eigenvalue weighted by molar-refractivity contribution is 0.0746. The molecular weight excluding hydrogens is 558 g/mol. The van der Waals surface area contributed by atoms with Crippen molar-refractivity contribution in [2.75, 3.05) is 38.2 Å². The Hall–Kier alpha value is -4.15. The molecule has 1 amide bonds. The van der Waals surface area contributed by atoms with Crippen LogP contribution in [0.5, 0.6) is 5.75 Å². The number of para-hydroxylation sites is 3. The van der Waals surface area contributed by atoms with Crippen molar-refractivity contribution in [1.29, 1.82) is 0 Å². The van der Waals surface area contributed by atoms with Gasteiger partial charge in [0.1, 0.15) is 11.6 Å². The third-order valence-electron chi connectivity index (χ3n) is 7.03. The van der Waals surface area contributed by atoms with Crippen molar-refractivity contribution in [3.63, 3.8) is 0 Å². The quantitative estimate of drug-likeness (QED) is 0.197. The summed E-state index contributed by atoms with van der Waals surface area (Å²) in [6.45, 7) is 2.30. The summed E-state index contributed by atoms with van der Waals surface area (Å²) in [5.74, 6) is 1.93. The first-order chi connectivity index (χ1) is 20.1. The van der Waals surface area contributed by atoms with Gasteiger partial charge in [-0.05, 0) is 53.4 Å². The van der Waals surface area contributed by atoms with Crippen molar-refractivity contribution < 1.29 is 13.9 Å². The summed E-state index contributed by atoms with van der Waals surface area (Å²) in [6.07, 6.45) is 0. The highest BCUT2D eigenvalue weighted by Gasteiger charge is 2.24. The van der Waals surface area contributed by atoms with Crippen LogP contribution in [0.1, 0.15) is 15.9 Å². The molecule has 2 aromatic heterocycles. The fraction of sp³-hybridized carbons (Fsp3) is 0.194. The van der Waals surface area contributed by atoms with Crippen LogP contribution >= 0.6 is 23.1 Å². The molecule has 1 aliphatic rings. The number of hydrogen-bond donors (Lipinski definition) is 0. The van der Waals surface area contributed by atoms with E-state index >= 15 is 0 Å². The summed E-state index contributed by atoms with van der Waals surface area (Å²) in [6, 6.07) is 26.4. The van der Waals surface area contributed by atoms with Crippen LogP contribution in [-0.2, 0) is 5.75 Å². The average Bonchev–Trinajstić information content (AvgIpc) is 3.71. The van der Waals surface area contributed by atoms with E-state index in [1.165, 1.54) is 6.07 Å². The maximum atomic E-state index is 14.2. The van der Waals surface area contributed by atoms with E-state index in [1.54, 1.807) is 42.3 Å². The molecule has 10 heteroatoms. The fourth-order valence-corrected chi connectivity index (χ4v) is 6.49. The summed E-state index contributed by atoms with van der Waals surface area (Å²) >= 11 is 3.19. The van der Waals surface area contributed by atoms with Gasteiger partial charge in [0.15, 0.2) is 11.0 Å². The van der Waals surface area contributed by atoms with Crippen molar-refractivity contribution in [1.82, 2.24) is 19.7 Å². The van der Waals surface area contributed by atoms with Crippen LogP contribution in [0.25, 0.3) is 16.4 Å². The maximum absolute atomic E-state index is 14.2. The topological polar surface area (TPSA) is 63.5 Å². The van der Waals surface area contributed by atoms with Gasteiger partial charge in [0.25, 0.3) is 5.91 Å². The highest BCUT2D eigenvalue weighted by atomic mass is 32.2. The second-order valence-corrected chi connectivity index (χ2v) is 11.4. The Balaban J connectivity index is 1.13. The largest absolute Gasteiger partial charge is 0.495 e. The van der Waals surface area contributed by atoms with E-state index in [0.29, 0.717) is 43.2 Å². The van der Waals surface area contributed by atoms with Crippen LogP contribution in [0.4, 0.5) is 10.1 Å². The lowest BCUT2D eigenvalue weighted by Gasteiger charge is -2.36. The zero-order valence-corrected chi connectivity index (χ0v) is 24.1. The molecule has 6 rings (SSSR count). The Labute approximate surface area is 246 Å². The van der Waals surface area contributed by atoms with E-state index in [4.69, 9.17) is 4.74 Å². The number of carbonyl (C=O) groups is 1. The van der Waals surface area contributed by atoms with Gasteiger partial charge in [0.05, 0.1) is 23.4 Å². The molecule has 0 saturated carbocycles. The number of nitrogens with zero attached hydrogens (tertiary/aromatic N) is 5. The van der Waals surface area contributed by atoms with E-state index in [-0.39, 0.29) is 11.7 Å². The van der Waals surface area contributed by atoms with Gasteiger partial charge in [-0.1, -0.05) is 54.2 Å². The molecule has 0 unspecified atom stereocenters. The predicted molar refractivity (Wildman–Crippen MR) is 162 cm³/mol. The molecule has 0 N–H and O–H groups in total. The number of carbonyl (C=O) groups excluding carboxylic acids is 1. The third kappa shape index (κ3) is 5.71. The molecule has 0 radical (unpaired) electrons. The van der Waals surface area contributed by atoms with Gasteiger partial charge in [-0.3, -0.25) is 9.36 Å². The van der Waals surface area contributed by atoms with E-state index < -0.39 is 0 Å². The average molecular weight is 586 g/mol. The number of hydrogen-bond acceptors (Lipinski definition) is 7. The first-order valence-electron chi connectivity index (χ1n) is 13.3. The number of amides is 1. The number of halogens is 1. The highest BCUT2D eigenvalue weighted by Crippen LogP contribution is 2.35. The van der Waals surface area contributed by atoms with Crippen molar-refractivity contribution >= 4 is 34.7 Å². The Morgan fingerprint density at radius 3 is 2.34 bits per heavy atom. The summed E-state index contributed by atoms with van der Waals surface area (Å²) in [5.41, 5.74) is 3.19. The summed E-state index contributed by atoms with van der Waals surface area (Å²) < 4.78 is 21.9. The number of piperazine rings is 1. The van der Waals surface area contributed by atoms with Gasteiger partial charge >= 0.3 is 0 Å². The van der Waals surface area contributed by atoms with E-state index in [0.717, 1.165) is 32.9 Å². The zero-order valence-electron chi connectivity index (χ0n) is 22.4. The molecule has 0 aliphatic carbocycles. The first kappa shape index (κ1) is 27.0. The molecule has 0 bridgehead atoms. The van der Waals surface area contributed by atoms with Crippen LogP contribution in [0.3, 0.4) is 0 Å². The molecule has 7 nitrogen and oxygen atoms in total. The van der Waals surface area contributed by atoms with Crippen LogP contribution < -0.4 is 9.64 Å². The SMILES string of the molecule is COc1ccccc1-n1c(SCc2ccc(C(=O)N3CCN(c4ccccc4F)CC3)cc2)nnc1-c1cccs1. The van der Waals surface area contributed by atoms with Crippen molar-refractivity contribution in [2.45, 2.75) is 10.9 Å². The predicted octanol–water partition coefficient (Wildman–Crippen LogP) is 6.40. The second kappa shape index (κ2) is 12.2. The molecule has 0 spiro atoms. The number of thiophene rings is 1. The summed E-state index contributed by atoms with van der Waals surface area (Å²) in [7, 11) is 1.66. The minimum Gasteiger partial charge on any atom is -0.495 e. The summed E-state index contributed by atoms with van der Waals surface area (Å²) in [5, 5.41) is 11.8. The van der Waals surface area contributed by atoms with Crippen molar-refractivity contribution in [2.24, 2.45) is 0 Å². The molecule has 3 heterocycles. The number of thioether (sulfide) groups is 1. The number of methoxy groups -OCH3 is 1.